The second-order valence-electron chi connectivity index (χ2n) is 3.36. The number of nitrogens with one attached hydrogen (secondary N) is 1. The Balaban J connectivity index is 3.15. The van der Waals surface area contributed by atoms with Crippen molar-refractivity contribution in [2.24, 2.45) is 0 Å². The second kappa shape index (κ2) is 5.16. The van der Waals surface area contributed by atoms with Gasteiger partial charge in [0.1, 0.15) is 0 Å². The zero-order chi connectivity index (χ0) is 13.2. The molecule has 3 N–H and O–H groups in total. The van der Waals surface area contributed by atoms with Gasteiger partial charge in [0.25, 0.3) is 6.43 Å². The Hall–Kier alpha value is -0.920. The maximum Gasteiger partial charge on any atom is 0.251 e. The molecule has 0 aromatic heterocycles. The Morgan fingerprint density at radius 2 is 2.06 bits per heavy atom. The van der Waals surface area contributed by atoms with Crippen molar-refractivity contribution < 1.29 is 17.2 Å². The largest absolute Gasteiger partial charge is 0.398 e. The lowest BCUT2D eigenvalue weighted by atomic mass is 10.2. The summed E-state index contributed by atoms with van der Waals surface area (Å²) in [5.41, 5.74) is 6.01. The Kier molecular flexibility index (Phi) is 4.29. The first-order chi connectivity index (χ1) is 7.74. The molecule has 0 bridgehead atoms. The van der Waals surface area contributed by atoms with Crippen LogP contribution in [0.15, 0.2) is 17.0 Å². The molecule has 0 atom stereocenters. The van der Waals surface area contributed by atoms with Crippen LogP contribution in [-0.4, -0.2) is 21.4 Å². The van der Waals surface area contributed by atoms with Crippen LogP contribution in [-0.2, 0) is 10.0 Å². The summed E-state index contributed by atoms with van der Waals surface area (Å²) in [5.74, 6) is 0. The van der Waals surface area contributed by atoms with E-state index in [1.807, 2.05) is 0 Å². The molecule has 1 aromatic rings. The van der Waals surface area contributed by atoms with Gasteiger partial charge < -0.3 is 5.73 Å². The van der Waals surface area contributed by atoms with Crippen LogP contribution in [0.25, 0.3) is 0 Å². The SMILES string of the molecule is Cc1c(N)cc(Cl)cc1S(=O)(=O)NCC(F)F. The van der Waals surface area contributed by atoms with Crippen molar-refractivity contribution in [1.82, 2.24) is 4.72 Å². The molecule has 1 rings (SSSR count). The molecule has 0 saturated carbocycles. The number of alkyl halides is 2. The van der Waals surface area contributed by atoms with Gasteiger partial charge in [-0.2, -0.15) is 0 Å². The molecule has 0 aliphatic rings. The van der Waals surface area contributed by atoms with E-state index in [1.165, 1.54) is 19.1 Å². The van der Waals surface area contributed by atoms with Crippen molar-refractivity contribution in [2.75, 3.05) is 12.3 Å². The first-order valence-corrected chi connectivity index (χ1v) is 6.43. The number of halogens is 3. The predicted molar refractivity (Wildman–Crippen MR) is 61.8 cm³/mol. The van der Waals surface area contributed by atoms with Crippen LogP contribution in [0, 0.1) is 6.92 Å². The van der Waals surface area contributed by atoms with Gasteiger partial charge in [-0.15, -0.1) is 0 Å². The van der Waals surface area contributed by atoms with E-state index in [1.54, 1.807) is 4.72 Å². The standard InChI is InChI=1S/C9H11ClF2N2O2S/c1-5-7(13)2-6(10)3-8(5)17(15,16)14-4-9(11)12/h2-3,9,14H,4,13H2,1H3. The zero-order valence-electron chi connectivity index (χ0n) is 8.88. The number of sulfonamides is 1. The molecule has 0 amide bonds. The van der Waals surface area contributed by atoms with Crippen LogP contribution in [0.4, 0.5) is 14.5 Å². The average Bonchev–Trinajstić information content (AvgIpc) is 2.20. The fraction of sp³-hybridized carbons (Fsp3) is 0.333. The minimum absolute atomic E-state index is 0.130. The Labute approximate surface area is 103 Å². The summed E-state index contributed by atoms with van der Waals surface area (Å²) in [7, 11) is -4.03. The van der Waals surface area contributed by atoms with Gasteiger partial charge in [-0.05, 0) is 24.6 Å². The molecule has 8 heteroatoms. The number of rotatable bonds is 4. The molecule has 4 nitrogen and oxygen atoms in total. The van der Waals surface area contributed by atoms with Crippen LogP contribution >= 0.6 is 11.6 Å². The van der Waals surface area contributed by atoms with Gasteiger partial charge in [0.05, 0.1) is 11.4 Å². The fourth-order valence-electron chi connectivity index (χ4n) is 1.20. The van der Waals surface area contributed by atoms with Crippen molar-refractivity contribution in [3.8, 4) is 0 Å². The van der Waals surface area contributed by atoms with E-state index in [2.05, 4.69) is 0 Å². The molecule has 0 fully saturated rings. The lowest BCUT2D eigenvalue weighted by Gasteiger charge is -2.11. The molecular formula is C9H11ClF2N2O2S. The van der Waals surface area contributed by atoms with Crippen LogP contribution in [0.2, 0.25) is 5.02 Å². The summed E-state index contributed by atoms with van der Waals surface area (Å²) in [4.78, 5) is -0.192. The van der Waals surface area contributed by atoms with E-state index in [0.29, 0.717) is 0 Å². The molecule has 0 radical (unpaired) electrons. The number of hydrogen-bond donors (Lipinski definition) is 2. The molecule has 0 spiro atoms. The van der Waals surface area contributed by atoms with Gasteiger partial charge in [0.15, 0.2) is 0 Å². The van der Waals surface area contributed by atoms with Crippen LogP contribution in [0.3, 0.4) is 0 Å². The monoisotopic (exact) mass is 284 g/mol. The van der Waals surface area contributed by atoms with Gasteiger partial charge >= 0.3 is 0 Å². The van der Waals surface area contributed by atoms with Gasteiger partial charge in [0.2, 0.25) is 10.0 Å². The first kappa shape index (κ1) is 14.1. The van der Waals surface area contributed by atoms with E-state index < -0.39 is 23.0 Å². The van der Waals surface area contributed by atoms with E-state index in [0.717, 1.165) is 0 Å². The summed E-state index contributed by atoms with van der Waals surface area (Å²) in [6.45, 7) is 0.525. The number of anilines is 1. The number of hydrogen-bond acceptors (Lipinski definition) is 3. The number of benzene rings is 1. The molecule has 17 heavy (non-hydrogen) atoms. The molecule has 0 heterocycles. The molecule has 96 valence electrons. The third-order valence-electron chi connectivity index (χ3n) is 2.08. The quantitative estimate of drug-likeness (QED) is 0.828. The highest BCUT2D eigenvalue weighted by Gasteiger charge is 2.20. The van der Waals surface area contributed by atoms with Crippen molar-refractivity contribution in [3.63, 3.8) is 0 Å². The highest BCUT2D eigenvalue weighted by molar-refractivity contribution is 7.89. The third kappa shape index (κ3) is 3.52. The highest BCUT2D eigenvalue weighted by atomic mass is 35.5. The van der Waals surface area contributed by atoms with Crippen LogP contribution < -0.4 is 10.5 Å². The molecule has 0 aliphatic carbocycles. The zero-order valence-corrected chi connectivity index (χ0v) is 10.4. The van der Waals surface area contributed by atoms with E-state index >= 15 is 0 Å². The number of nitrogen functional groups attached to an aromatic ring is 1. The van der Waals surface area contributed by atoms with Gasteiger partial charge in [0, 0.05) is 10.7 Å². The highest BCUT2D eigenvalue weighted by Crippen LogP contribution is 2.25. The second-order valence-corrected chi connectivity index (χ2v) is 5.53. The minimum atomic E-state index is -4.03. The van der Waals surface area contributed by atoms with E-state index in [9.17, 15) is 17.2 Å². The Morgan fingerprint density at radius 1 is 1.47 bits per heavy atom. The lowest BCUT2D eigenvalue weighted by Crippen LogP contribution is -2.29. The van der Waals surface area contributed by atoms with Gasteiger partial charge in [-0.1, -0.05) is 11.6 Å². The van der Waals surface area contributed by atoms with Crippen LogP contribution in [0.5, 0.6) is 0 Å². The first-order valence-electron chi connectivity index (χ1n) is 4.57. The van der Waals surface area contributed by atoms with E-state index in [4.69, 9.17) is 17.3 Å². The van der Waals surface area contributed by atoms with Gasteiger partial charge in [-0.25, -0.2) is 21.9 Å². The summed E-state index contributed by atoms with van der Waals surface area (Å²) in [6.07, 6.45) is -2.76. The third-order valence-corrected chi connectivity index (χ3v) is 3.85. The Bertz CT molecular complexity index is 520. The topological polar surface area (TPSA) is 72.2 Å². The van der Waals surface area contributed by atoms with Crippen LogP contribution in [0.1, 0.15) is 5.56 Å². The van der Waals surface area contributed by atoms with Crippen molar-refractivity contribution in [1.29, 1.82) is 0 Å². The van der Waals surface area contributed by atoms with Crippen molar-refractivity contribution in [2.45, 2.75) is 18.2 Å². The summed E-state index contributed by atoms with van der Waals surface area (Å²) in [6, 6.07) is 2.56. The average molecular weight is 285 g/mol. The van der Waals surface area contributed by atoms with Crippen molar-refractivity contribution >= 4 is 27.3 Å². The maximum atomic E-state index is 12.0. The lowest BCUT2D eigenvalue weighted by molar-refractivity contribution is 0.153. The van der Waals surface area contributed by atoms with Crippen molar-refractivity contribution in [3.05, 3.63) is 22.7 Å². The molecule has 1 aromatic carbocycles. The maximum absolute atomic E-state index is 12.0. The molecular weight excluding hydrogens is 274 g/mol. The summed E-state index contributed by atoms with van der Waals surface area (Å²) < 4.78 is 49.1. The predicted octanol–water partition coefficient (Wildman–Crippen LogP) is 1.77. The molecule has 0 unspecified atom stereocenters. The van der Waals surface area contributed by atoms with E-state index in [-0.39, 0.29) is 21.2 Å². The van der Waals surface area contributed by atoms with Gasteiger partial charge in [-0.3, -0.25) is 0 Å². The minimum Gasteiger partial charge on any atom is -0.398 e. The normalized spacial score (nSPS) is 12.1. The molecule has 0 saturated heterocycles. The summed E-state index contributed by atoms with van der Waals surface area (Å²) in [5, 5.41) is 0.130. The number of nitrogens with two attached hydrogens (primary N) is 1. The Morgan fingerprint density at radius 3 is 2.59 bits per heavy atom. The summed E-state index contributed by atoms with van der Waals surface area (Å²) >= 11 is 5.67. The smallest absolute Gasteiger partial charge is 0.251 e. The fourth-order valence-corrected chi connectivity index (χ4v) is 2.80. The molecule has 0 aliphatic heterocycles.